The van der Waals surface area contributed by atoms with E-state index in [9.17, 15) is 0 Å². The summed E-state index contributed by atoms with van der Waals surface area (Å²) in [7, 11) is 1.70. The van der Waals surface area contributed by atoms with Crippen molar-refractivity contribution in [3.05, 3.63) is 59.2 Å². The summed E-state index contributed by atoms with van der Waals surface area (Å²) in [6.07, 6.45) is 2.22. The summed E-state index contributed by atoms with van der Waals surface area (Å²) in [5.74, 6) is 0.894. The van der Waals surface area contributed by atoms with E-state index in [4.69, 9.17) is 10.5 Å². The second-order valence-electron chi connectivity index (χ2n) is 5.60. The Labute approximate surface area is 130 Å². The van der Waals surface area contributed by atoms with Gasteiger partial charge in [-0.05, 0) is 55.2 Å². The third-order valence-electron chi connectivity index (χ3n) is 4.09. The van der Waals surface area contributed by atoms with E-state index >= 15 is 0 Å². The monoisotopic (exact) mass is 299 g/mol. The van der Waals surface area contributed by atoms with Crippen LogP contribution in [0.15, 0.2) is 47.4 Å². The van der Waals surface area contributed by atoms with E-state index in [0.29, 0.717) is 5.25 Å². The fraction of sp³-hybridized carbons (Fsp3) is 0.333. The van der Waals surface area contributed by atoms with Crippen LogP contribution >= 0.6 is 11.8 Å². The molecule has 0 heterocycles. The second-order valence-corrected chi connectivity index (χ2v) is 6.91. The maximum atomic E-state index is 6.52. The number of nitrogens with two attached hydrogens (primary N) is 1. The molecule has 2 atom stereocenters. The largest absolute Gasteiger partial charge is 0.497 e. The first-order chi connectivity index (χ1) is 10.2. The lowest BCUT2D eigenvalue weighted by Crippen LogP contribution is -2.29. The van der Waals surface area contributed by atoms with Gasteiger partial charge in [0, 0.05) is 16.2 Å². The van der Waals surface area contributed by atoms with E-state index in [-0.39, 0.29) is 6.04 Å². The molecule has 3 heteroatoms. The van der Waals surface area contributed by atoms with Gasteiger partial charge >= 0.3 is 0 Å². The van der Waals surface area contributed by atoms with Crippen molar-refractivity contribution in [3.63, 3.8) is 0 Å². The fourth-order valence-electron chi connectivity index (χ4n) is 2.91. The van der Waals surface area contributed by atoms with Crippen molar-refractivity contribution in [3.8, 4) is 5.75 Å². The van der Waals surface area contributed by atoms with E-state index in [1.807, 2.05) is 17.8 Å². The number of thioether (sulfide) groups is 1. The Balaban J connectivity index is 1.82. The second kappa shape index (κ2) is 6.12. The molecule has 2 N–H and O–H groups in total. The zero-order valence-corrected chi connectivity index (χ0v) is 13.3. The summed E-state index contributed by atoms with van der Waals surface area (Å²) in [6, 6.07) is 15.0. The summed E-state index contributed by atoms with van der Waals surface area (Å²) < 4.78 is 5.34. The molecule has 2 aromatic rings. The molecular weight excluding hydrogens is 278 g/mol. The molecule has 0 bridgehead atoms. The van der Waals surface area contributed by atoms with Gasteiger partial charge in [0.15, 0.2) is 0 Å². The number of ether oxygens (including phenoxy) is 1. The summed E-state index contributed by atoms with van der Waals surface area (Å²) in [5.41, 5.74) is 10.4. The minimum atomic E-state index is 0.0642. The SMILES string of the molecule is COc1ccc2c(c1)C(N)C(Sc1cccc(C)c1)CC2. The van der Waals surface area contributed by atoms with Gasteiger partial charge in [-0.25, -0.2) is 0 Å². The van der Waals surface area contributed by atoms with Crippen molar-refractivity contribution in [1.29, 1.82) is 0 Å². The number of fused-ring (bicyclic) bond motifs is 1. The van der Waals surface area contributed by atoms with E-state index in [2.05, 4.69) is 43.3 Å². The topological polar surface area (TPSA) is 35.2 Å². The van der Waals surface area contributed by atoms with Crippen LogP contribution in [0.4, 0.5) is 0 Å². The third-order valence-corrected chi connectivity index (χ3v) is 5.45. The van der Waals surface area contributed by atoms with Gasteiger partial charge < -0.3 is 10.5 Å². The molecule has 21 heavy (non-hydrogen) atoms. The quantitative estimate of drug-likeness (QED) is 0.926. The molecule has 0 aliphatic heterocycles. The molecule has 0 aromatic heterocycles. The van der Waals surface area contributed by atoms with Crippen LogP contribution < -0.4 is 10.5 Å². The van der Waals surface area contributed by atoms with E-state index < -0.39 is 0 Å². The maximum Gasteiger partial charge on any atom is 0.119 e. The summed E-state index contributed by atoms with van der Waals surface area (Å²) >= 11 is 1.90. The molecule has 2 nitrogen and oxygen atoms in total. The summed E-state index contributed by atoms with van der Waals surface area (Å²) in [4.78, 5) is 1.31. The molecule has 2 unspecified atom stereocenters. The zero-order valence-electron chi connectivity index (χ0n) is 12.5. The first-order valence-electron chi connectivity index (χ1n) is 7.33. The Bertz CT molecular complexity index is 641. The first kappa shape index (κ1) is 14.5. The van der Waals surface area contributed by atoms with Gasteiger partial charge in [0.2, 0.25) is 0 Å². The van der Waals surface area contributed by atoms with Crippen LogP contribution in [0, 0.1) is 6.92 Å². The lowest BCUT2D eigenvalue weighted by atomic mass is 9.87. The smallest absolute Gasteiger partial charge is 0.119 e. The number of hydrogen-bond acceptors (Lipinski definition) is 3. The molecule has 0 spiro atoms. The van der Waals surface area contributed by atoms with Gasteiger partial charge in [-0.3, -0.25) is 0 Å². The number of aryl methyl sites for hydroxylation is 2. The normalized spacial score (nSPS) is 20.9. The standard InChI is InChI=1S/C18H21NOS/c1-12-4-3-5-15(10-12)21-17-9-7-13-6-8-14(20-2)11-16(13)18(17)19/h3-6,8,10-11,17-18H,7,9,19H2,1-2H3. The van der Waals surface area contributed by atoms with E-state index in [1.54, 1.807) is 7.11 Å². The number of methoxy groups -OCH3 is 1. The molecule has 3 rings (SSSR count). The van der Waals surface area contributed by atoms with Crippen LogP contribution in [0.1, 0.15) is 29.2 Å². The van der Waals surface area contributed by atoms with Crippen molar-refractivity contribution in [2.75, 3.05) is 7.11 Å². The van der Waals surface area contributed by atoms with Crippen molar-refractivity contribution >= 4 is 11.8 Å². The zero-order chi connectivity index (χ0) is 14.8. The van der Waals surface area contributed by atoms with Crippen LogP contribution in [-0.2, 0) is 6.42 Å². The predicted molar refractivity (Wildman–Crippen MR) is 89.1 cm³/mol. The Hall–Kier alpha value is -1.45. The van der Waals surface area contributed by atoms with Crippen molar-refractivity contribution in [2.24, 2.45) is 5.73 Å². The highest BCUT2D eigenvalue weighted by molar-refractivity contribution is 8.00. The van der Waals surface area contributed by atoms with Crippen LogP contribution in [0.3, 0.4) is 0 Å². The third kappa shape index (κ3) is 3.09. The van der Waals surface area contributed by atoms with Gasteiger partial charge in [-0.1, -0.05) is 23.8 Å². The number of benzene rings is 2. The minimum Gasteiger partial charge on any atom is -0.497 e. The van der Waals surface area contributed by atoms with Gasteiger partial charge in [0.1, 0.15) is 5.75 Å². The van der Waals surface area contributed by atoms with Crippen LogP contribution in [0.25, 0.3) is 0 Å². The van der Waals surface area contributed by atoms with E-state index in [0.717, 1.165) is 18.6 Å². The molecule has 0 amide bonds. The molecule has 0 saturated heterocycles. The molecule has 2 aromatic carbocycles. The van der Waals surface area contributed by atoms with Gasteiger partial charge in [-0.2, -0.15) is 0 Å². The Morgan fingerprint density at radius 1 is 1.19 bits per heavy atom. The maximum absolute atomic E-state index is 6.52. The van der Waals surface area contributed by atoms with Crippen LogP contribution in [0.2, 0.25) is 0 Å². The van der Waals surface area contributed by atoms with Crippen LogP contribution in [-0.4, -0.2) is 12.4 Å². The number of hydrogen-bond donors (Lipinski definition) is 1. The van der Waals surface area contributed by atoms with Crippen molar-refractivity contribution in [2.45, 2.75) is 36.0 Å². The fourth-order valence-corrected chi connectivity index (χ4v) is 4.20. The average molecular weight is 299 g/mol. The minimum absolute atomic E-state index is 0.0642. The molecule has 0 fully saturated rings. The number of rotatable bonds is 3. The molecule has 110 valence electrons. The van der Waals surface area contributed by atoms with Crippen LogP contribution in [0.5, 0.6) is 5.75 Å². The Morgan fingerprint density at radius 2 is 2.05 bits per heavy atom. The van der Waals surface area contributed by atoms with Gasteiger partial charge in [-0.15, -0.1) is 11.8 Å². The molecule has 0 radical (unpaired) electrons. The average Bonchev–Trinajstić information content (AvgIpc) is 2.50. The lowest BCUT2D eigenvalue weighted by molar-refractivity contribution is 0.412. The molecule has 0 saturated carbocycles. The van der Waals surface area contributed by atoms with Gasteiger partial charge in [0.25, 0.3) is 0 Å². The highest BCUT2D eigenvalue weighted by atomic mass is 32.2. The predicted octanol–water partition coefficient (Wildman–Crippen LogP) is 4.11. The van der Waals surface area contributed by atoms with Gasteiger partial charge in [0.05, 0.1) is 7.11 Å². The summed E-state index contributed by atoms with van der Waals surface area (Å²) in [6.45, 7) is 2.13. The Kier molecular flexibility index (Phi) is 4.22. The van der Waals surface area contributed by atoms with E-state index in [1.165, 1.54) is 21.6 Å². The van der Waals surface area contributed by atoms with Crippen molar-refractivity contribution in [1.82, 2.24) is 0 Å². The Morgan fingerprint density at radius 3 is 2.81 bits per heavy atom. The molecule has 1 aliphatic carbocycles. The molecular formula is C18H21NOS. The molecule has 1 aliphatic rings. The highest BCUT2D eigenvalue weighted by Gasteiger charge is 2.27. The summed E-state index contributed by atoms with van der Waals surface area (Å²) in [5, 5.41) is 0.423. The van der Waals surface area contributed by atoms with Crippen molar-refractivity contribution < 1.29 is 4.74 Å². The lowest BCUT2D eigenvalue weighted by Gasteiger charge is -2.31. The highest BCUT2D eigenvalue weighted by Crippen LogP contribution is 2.40. The first-order valence-corrected chi connectivity index (χ1v) is 8.21.